The third kappa shape index (κ3) is 3.78. The van der Waals surface area contributed by atoms with Crippen molar-refractivity contribution in [3.05, 3.63) is 30.1 Å². The summed E-state index contributed by atoms with van der Waals surface area (Å²) >= 11 is 1.38. The highest BCUT2D eigenvalue weighted by atomic mass is 32.2. The van der Waals surface area contributed by atoms with Gasteiger partial charge in [0.25, 0.3) is 0 Å². The van der Waals surface area contributed by atoms with Crippen molar-refractivity contribution in [3.63, 3.8) is 0 Å². The number of ether oxygens (including phenoxy) is 1. The lowest BCUT2D eigenvalue weighted by Gasteiger charge is -2.32. The van der Waals surface area contributed by atoms with Crippen LogP contribution in [0.1, 0.15) is 25.6 Å². The Morgan fingerprint density at radius 1 is 1.21 bits per heavy atom. The van der Waals surface area contributed by atoms with Gasteiger partial charge >= 0.3 is 5.97 Å². The summed E-state index contributed by atoms with van der Waals surface area (Å²) in [6.07, 6.45) is 1.27. The van der Waals surface area contributed by atoms with Gasteiger partial charge < -0.3 is 9.64 Å². The highest BCUT2D eigenvalue weighted by molar-refractivity contribution is 8.00. The van der Waals surface area contributed by atoms with E-state index >= 15 is 0 Å². The molecule has 3 aromatic rings. The second-order valence-electron chi connectivity index (χ2n) is 7.19. The Labute approximate surface area is 172 Å². The molecule has 1 unspecified atom stereocenters. The normalized spacial score (nSPS) is 16.3. The van der Waals surface area contributed by atoms with Crippen molar-refractivity contribution in [2.24, 2.45) is 5.92 Å². The van der Waals surface area contributed by atoms with Crippen molar-refractivity contribution < 1.29 is 14.3 Å². The molecule has 0 spiro atoms. The molecular formula is C20H23N5O3S. The first-order chi connectivity index (χ1) is 14.0. The summed E-state index contributed by atoms with van der Waals surface area (Å²) < 4.78 is 6.54. The number of rotatable bonds is 4. The van der Waals surface area contributed by atoms with E-state index in [1.807, 2.05) is 43.0 Å². The Kier molecular flexibility index (Phi) is 5.40. The van der Waals surface area contributed by atoms with E-state index in [4.69, 9.17) is 9.72 Å². The standard InChI is InChI=1S/C20H23N5O3S/c1-12(18(26)24-10-8-14(9-11-24)19(27)28-3)29-20-22-16-7-5-4-6-15(16)17-21-13(2)23-25(17)20/h4-7,12,14H,8-11H2,1-3H3. The Morgan fingerprint density at radius 2 is 1.93 bits per heavy atom. The van der Waals surface area contributed by atoms with E-state index in [1.165, 1.54) is 18.9 Å². The molecule has 0 saturated carbocycles. The first kappa shape index (κ1) is 19.6. The van der Waals surface area contributed by atoms with Crippen molar-refractivity contribution in [1.82, 2.24) is 24.5 Å². The Morgan fingerprint density at radius 3 is 2.66 bits per heavy atom. The van der Waals surface area contributed by atoms with Crippen LogP contribution in [0.25, 0.3) is 16.6 Å². The van der Waals surface area contributed by atoms with Gasteiger partial charge in [-0.1, -0.05) is 23.9 Å². The van der Waals surface area contributed by atoms with Crippen molar-refractivity contribution in [2.75, 3.05) is 20.2 Å². The van der Waals surface area contributed by atoms with Crippen LogP contribution in [0.4, 0.5) is 0 Å². The van der Waals surface area contributed by atoms with Crippen molar-refractivity contribution in [3.8, 4) is 0 Å². The lowest BCUT2D eigenvalue weighted by Crippen LogP contribution is -2.43. The fourth-order valence-corrected chi connectivity index (χ4v) is 4.62. The fourth-order valence-electron chi connectivity index (χ4n) is 3.68. The van der Waals surface area contributed by atoms with Crippen LogP contribution in [0.15, 0.2) is 29.4 Å². The number of aromatic nitrogens is 4. The number of nitrogens with zero attached hydrogens (tertiary/aromatic N) is 5. The number of carbonyl (C=O) groups is 2. The zero-order chi connectivity index (χ0) is 20.5. The molecule has 0 bridgehead atoms. The summed E-state index contributed by atoms with van der Waals surface area (Å²) in [7, 11) is 1.40. The first-order valence-electron chi connectivity index (χ1n) is 9.63. The molecule has 1 aromatic carbocycles. The molecule has 1 fully saturated rings. The minimum Gasteiger partial charge on any atom is -0.469 e. The number of amides is 1. The van der Waals surface area contributed by atoms with Gasteiger partial charge in [-0.2, -0.15) is 4.52 Å². The van der Waals surface area contributed by atoms with Gasteiger partial charge in [0.1, 0.15) is 5.82 Å². The average molecular weight is 414 g/mol. The van der Waals surface area contributed by atoms with Crippen LogP contribution in [-0.2, 0) is 14.3 Å². The third-order valence-electron chi connectivity index (χ3n) is 5.23. The fraction of sp³-hybridized carbons (Fsp3) is 0.450. The maximum atomic E-state index is 13.0. The number of methoxy groups -OCH3 is 1. The van der Waals surface area contributed by atoms with Crippen molar-refractivity contribution >= 4 is 40.2 Å². The van der Waals surface area contributed by atoms with Gasteiger partial charge in [-0.25, -0.2) is 9.97 Å². The topological polar surface area (TPSA) is 89.7 Å². The summed E-state index contributed by atoms with van der Waals surface area (Å²) in [5, 5.41) is 5.72. The smallest absolute Gasteiger partial charge is 0.308 e. The number of likely N-dealkylation sites (tertiary alicyclic amines) is 1. The SMILES string of the molecule is COC(=O)C1CCN(C(=O)C(C)Sc2nc3ccccc3c3nc(C)nn23)CC1. The molecule has 2 aromatic heterocycles. The molecule has 0 aliphatic carbocycles. The molecule has 1 saturated heterocycles. The molecule has 1 aliphatic heterocycles. The first-order valence-corrected chi connectivity index (χ1v) is 10.5. The number of thioether (sulfide) groups is 1. The predicted octanol–water partition coefficient (Wildman–Crippen LogP) is 2.48. The molecule has 8 nitrogen and oxygen atoms in total. The lowest BCUT2D eigenvalue weighted by atomic mass is 9.97. The largest absolute Gasteiger partial charge is 0.469 e. The Balaban J connectivity index is 1.53. The number of benzene rings is 1. The van der Waals surface area contributed by atoms with Crippen LogP contribution in [0, 0.1) is 12.8 Å². The number of hydrogen-bond acceptors (Lipinski definition) is 7. The highest BCUT2D eigenvalue weighted by Gasteiger charge is 2.30. The molecule has 1 atom stereocenters. The number of esters is 1. The van der Waals surface area contributed by atoms with E-state index in [9.17, 15) is 9.59 Å². The van der Waals surface area contributed by atoms with Gasteiger partial charge in [0, 0.05) is 18.5 Å². The minimum atomic E-state index is -0.328. The van der Waals surface area contributed by atoms with Crippen LogP contribution in [0.5, 0.6) is 0 Å². The van der Waals surface area contributed by atoms with E-state index < -0.39 is 0 Å². The van der Waals surface area contributed by atoms with Gasteiger partial charge in [0.2, 0.25) is 5.91 Å². The zero-order valence-electron chi connectivity index (χ0n) is 16.7. The van der Waals surface area contributed by atoms with Gasteiger partial charge in [-0.3, -0.25) is 9.59 Å². The number of piperidine rings is 1. The number of aryl methyl sites for hydroxylation is 1. The second kappa shape index (κ2) is 7.98. The number of carbonyl (C=O) groups excluding carboxylic acids is 2. The third-order valence-corrected chi connectivity index (χ3v) is 6.26. The molecule has 29 heavy (non-hydrogen) atoms. The minimum absolute atomic E-state index is 0.0401. The zero-order valence-corrected chi connectivity index (χ0v) is 17.5. The molecular weight excluding hydrogens is 390 g/mol. The summed E-state index contributed by atoms with van der Waals surface area (Å²) in [5.41, 5.74) is 1.57. The summed E-state index contributed by atoms with van der Waals surface area (Å²) in [4.78, 5) is 35.7. The van der Waals surface area contributed by atoms with E-state index in [2.05, 4.69) is 10.1 Å². The molecule has 152 valence electrons. The van der Waals surface area contributed by atoms with Crippen LogP contribution in [0.2, 0.25) is 0 Å². The van der Waals surface area contributed by atoms with Crippen molar-refractivity contribution in [1.29, 1.82) is 0 Å². The summed E-state index contributed by atoms with van der Waals surface area (Å²) in [6.45, 7) is 4.85. The number of fused-ring (bicyclic) bond motifs is 3. The van der Waals surface area contributed by atoms with E-state index in [0.29, 0.717) is 36.9 Å². The molecule has 0 N–H and O–H groups in total. The van der Waals surface area contributed by atoms with Crippen LogP contribution < -0.4 is 0 Å². The molecule has 9 heteroatoms. The van der Waals surface area contributed by atoms with Crippen LogP contribution in [0.3, 0.4) is 0 Å². The lowest BCUT2D eigenvalue weighted by molar-refractivity contribution is -0.148. The predicted molar refractivity (Wildman–Crippen MR) is 110 cm³/mol. The number of hydrogen-bond donors (Lipinski definition) is 0. The summed E-state index contributed by atoms with van der Waals surface area (Å²) in [5.74, 6) is 0.392. The Hall–Kier alpha value is -2.68. The number of para-hydroxylation sites is 1. The maximum absolute atomic E-state index is 13.0. The van der Waals surface area contributed by atoms with E-state index in [0.717, 1.165) is 16.6 Å². The van der Waals surface area contributed by atoms with Gasteiger partial charge in [0.15, 0.2) is 10.8 Å². The monoisotopic (exact) mass is 413 g/mol. The molecule has 1 amide bonds. The van der Waals surface area contributed by atoms with Crippen LogP contribution >= 0.6 is 11.8 Å². The summed E-state index contributed by atoms with van der Waals surface area (Å²) in [6, 6.07) is 7.79. The Bertz CT molecular complexity index is 1070. The second-order valence-corrected chi connectivity index (χ2v) is 8.50. The molecule has 0 radical (unpaired) electrons. The maximum Gasteiger partial charge on any atom is 0.308 e. The van der Waals surface area contributed by atoms with E-state index in [-0.39, 0.29) is 23.0 Å². The molecule has 3 heterocycles. The van der Waals surface area contributed by atoms with Crippen molar-refractivity contribution in [2.45, 2.75) is 37.1 Å². The van der Waals surface area contributed by atoms with Gasteiger partial charge in [-0.15, -0.1) is 5.10 Å². The highest BCUT2D eigenvalue weighted by Crippen LogP contribution is 2.28. The quantitative estimate of drug-likeness (QED) is 0.369. The van der Waals surface area contributed by atoms with E-state index in [1.54, 1.807) is 4.52 Å². The molecule has 1 aliphatic rings. The van der Waals surface area contributed by atoms with Gasteiger partial charge in [-0.05, 0) is 38.8 Å². The molecule has 4 rings (SSSR count). The van der Waals surface area contributed by atoms with Gasteiger partial charge in [0.05, 0.1) is 23.8 Å². The average Bonchev–Trinajstić information content (AvgIpc) is 3.15. The van der Waals surface area contributed by atoms with Crippen LogP contribution in [-0.4, -0.2) is 61.8 Å².